The van der Waals surface area contributed by atoms with Crippen LogP contribution >= 0.6 is 0 Å². The molecule has 7 nitrogen and oxygen atoms in total. The minimum absolute atomic E-state index is 0.0863. The standard InChI is InChI=1S/C37H60O7Si2/c1-28(44-46(36(5,6)7,29-19-15-13-16-20-29)30-21-17-14-18-22-30)32(40-27-39-10)24-23-31(38)34-33(42-37(8,9)43-34)25-26-41-45(11,12)35(2,3)4/h13-24,28,31-34,38H,25-27H2,1-12H3/b24-23-/t28-,31?,32+,33-,34+/m0/s1. The van der Waals surface area contributed by atoms with Crippen LogP contribution in [0.15, 0.2) is 72.8 Å². The van der Waals surface area contributed by atoms with E-state index in [0.717, 1.165) is 0 Å². The highest BCUT2D eigenvalue weighted by molar-refractivity contribution is 6.99. The first-order valence-electron chi connectivity index (χ1n) is 16.6. The third-order valence-corrected chi connectivity index (χ3v) is 19.0. The first-order chi connectivity index (χ1) is 21.3. The highest BCUT2D eigenvalue weighted by Gasteiger charge is 2.52. The van der Waals surface area contributed by atoms with Gasteiger partial charge in [0.1, 0.15) is 25.1 Å². The van der Waals surface area contributed by atoms with Gasteiger partial charge in [-0.2, -0.15) is 0 Å². The first kappa shape index (κ1) is 38.8. The van der Waals surface area contributed by atoms with Crippen LogP contribution in [0.2, 0.25) is 23.2 Å². The minimum Gasteiger partial charge on any atom is -0.417 e. The molecule has 1 aliphatic heterocycles. The molecule has 0 radical (unpaired) electrons. The van der Waals surface area contributed by atoms with Crippen molar-refractivity contribution in [2.75, 3.05) is 20.5 Å². The first-order valence-corrected chi connectivity index (χ1v) is 21.4. The zero-order chi connectivity index (χ0) is 34.4. The van der Waals surface area contributed by atoms with Gasteiger partial charge < -0.3 is 32.9 Å². The van der Waals surface area contributed by atoms with Crippen molar-refractivity contribution in [2.24, 2.45) is 0 Å². The number of rotatable bonds is 15. The van der Waals surface area contributed by atoms with E-state index >= 15 is 0 Å². The second kappa shape index (κ2) is 15.7. The topological polar surface area (TPSA) is 75.6 Å². The van der Waals surface area contributed by atoms with E-state index in [1.807, 2.05) is 39.0 Å². The smallest absolute Gasteiger partial charge is 0.261 e. The zero-order valence-electron chi connectivity index (χ0n) is 30.3. The molecule has 3 rings (SSSR count). The lowest BCUT2D eigenvalue weighted by Gasteiger charge is -2.45. The van der Waals surface area contributed by atoms with Crippen molar-refractivity contribution in [3.8, 4) is 0 Å². The molecule has 0 spiro atoms. The molecule has 1 heterocycles. The molecule has 258 valence electrons. The Bertz CT molecular complexity index is 1180. The van der Waals surface area contributed by atoms with Gasteiger partial charge in [-0.05, 0) is 60.7 Å². The van der Waals surface area contributed by atoms with Crippen LogP contribution < -0.4 is 10.4 Å². The van der Waals surface area contributed by atoms with Gasteiger partial charge in [0.15, 0.2) is 14.1 Å². The molecule has 1 fully saturated rings. The van der Waals surface area contributed by atoms with Gasteiger partial charge in [0.05, 0.1) is 12.2 Å². The maximum absolute atomic E-state index is 11.5. The summed E-state index contributed by atoms with van der Waals surface area (Å²) in [6.07, 6.45) is 1.61. The van der Waals surface area contributed by atoms with Crippen LogP contribution in [0.5, 0.6) is 0 Å². The van der Waals surface area contributed by atoms with E-state index in [0.29, 0.717) is 13.0 Å². The summed E-state index contributed by atoms with van der Waals surface area (Å²) in [7, 11) is -3.15. The van der Waals surface area contributed by atoms with Gasteiger partial charge >= 0.3 is 0 Å². The summed E-state index contributed by atoms with van der Waals surface area (Å²) >= 11 is 0. The maximum atomic E-state index is 11.5. The van der Waals surface area contributed by atoms with E-state index < -0.39 is 40.7 Å². The molecule has 0 aliphatic carbocycles. The summed E-state index contributed by atoms with van der Waals surface area (Å²) in [4.78, 5) is 0. The zero-order valence-corrected chi connectivity index (χ0v) is 32.3. The average molecular weight is 673 g/mol. The Hall–Kier alpha value is -1.67. The van der Waals surface area contributed by atoms with Gasteiger partial charge in [0.2, 0.25) is 0 Å². The Morgan fingerprint density at radius 1 is 0.870 bits per heavy atom. The van der Waals surface area contributed by atoms with Crippen molar-refractivity contribution in [3.63, 3.8) is 0 Å². The van der Waals surface area contributed by atoms with Crippen molar-refractivity contribution in [3.05, 3.63) is 72.8 Å². The quantitative estimate of drug-likeness (QED) is 0.127. The van der Waals surface area contributed by atoms with Crippen molar-refractivity contribution in [2.45, 2.75) is 128 Å². The van der Waals surface area contributed by atoms with Crippen molar-refractivity contribution in [1.82, 2.24) is 0 Å². The van der Waals surface area contributed by atoms with Gasteiger partial charge in [-0.15, -0.1) is 0 Å². The monoisotopic (exact) mass is 672 g/mol. The Labute approximate surface area is 280 Å². The summed E-state index contributed by atoms with van der Waals surface area (Å²) < 4.78 is 37.7. The molecule has 1 N–H and O–H groups in total. The highest BCUT2D eigenvalue weighted by Crippen LogP contribution is 2.39. The fourth-order valence-corrected chi connectivity index (χ4v) is 11.7. The lowest BCUT2D eigenvalue weighted by Crippen LogP contribution is -2.68. The van der Waals surface area contributed by atoms with Crippen LogP contribution in [0, 0.1) is 0 Å². The molecule has 1 unspecified atom stereocenters. The molecule has 46 heavy (non-hydrogen) atoms. The fraction of sp³-hybridized carbons (Fsp3) is 0.622. The maximum Gasteiger partial charge on any atom is 0.261 e. The molecule has 0 bridgehead atoms. The summed E-state index contributed by atoms with van der Waals surface area (Å²) in [5.41, 5.74) is 0. The molecule has 1 aliphatic rings. The van der Waals surface area contributed by atoms with E-state index in [1.165, 1.54) is 10.4 Å². The number of aliphatic hydroxyl groups excluding tert-OH is 1. The van der Waals surface area contributed by atoms with Crippen molar-refractivity contribution in [1.29, 1.82) is 0 Å². The van der Waals surface area contributed by atoms with Crippen molar-refractivity contribution >= 4 is 27.0 Å². The lowest BCUT2D eigenvalue weighted by atomic mass is 10.0. The molecule has 1 saturated heterocycles. The van der Waals surface area contributed by atoms with Crippen LogP contribution in [0.4, 0.5) is 0 Å². The van der Waals surface area contributed by atoms with E-state index in [1.54, 1.807) is 13.2 Å². The molecule has 0 aromatic heterocycles. The van der Waals surface area contributed by atoms with Crippen molar-refractivity contribution < 1.29 is 32.9 Å². The Balaban J connectivity index is 1.87. The second-order valence-electron chi connectivity index (χ2n) is 15.4. The summed E-state index contributed by atoms with van der Waals surface area (Å²) in [6.45, 7) is 24.4. The van der Waals surface area contributed by atoms with Gasteiger partial charge in [-0.1, -0.05) is 114 Å². The number of ether oxygens (including phenoxy) is 4. The van der Waals surface area contributed by atoms with E-state index in [2.05, 4.69) is 103 Å². The van der Waals surface area contributed by atoms with Crippen LogP contribution in [-0.2, 0) is 27.8 Å². The third kappa shape index (κ3) is 9.48. The molecule has 5 atom stereocenters. The second-order valence-corrected chi connectivity index (χ2v) is 24.5. The van der Waals surface area contributed by atoms with E-state index in [9.17, 15) is 5.11 Å². The molecule has 2 aromatic rings. The van der Waals surface area contributed by atoms with Gasteiger partial charge in [-0.3, -0.25) is 0 Å². The van der Waals surface area contributed by atoms with Crippen LogP contribution in [0.3, 0.4) is 0 Å². The summed E-state index contributed by atoms with van der Waals surface area (Å²) in [6, 6.07) is 21.1. The number of benzene rings is 2. The summed E-state index contributed by atoms with van der Waals surface area (Å²) in [5, 5.41) is 13.8. The molecule has 2 aromatic carbocycles. The number of hydrogen-bond acceptors (Lipinski definition) is 7. The fourth-order valence-electron chi connectivity index (χ4n) is 5.89. The van der Waals surface area contributed by atoms with Crippen LogP contribution in [-0.4, -0.2) is 78.6 Å². The van der Waals surface area contributed by atoms with E-state index in [4.69, 9.17) is 27.8 Å². The minimum atomic E-state index is -2.84. The predicted molar refractivity (Wildman–Crippen MR) is 192 cm³/mol. The Morgan fingerprint density at radius 2 is 1.41 bits per heavy atom. The third-order valence-electron chi connectivity index (χ3n) is 9.35. The lowest BCUT2D eigenvalue weighted by molar-refractivity contribution is -0.153. The summed E-state index contributed by atoms with van der Waals surface area (Å²) in [5.74, 6) is -0.813. The molecule has 0 amide bonds. The highest BCUT2D eigenvalue weighted by atomic mass is 28.4. The SMILES string of the molecule is COCO[C@H](/C=C\C(O)[C@H]1OC(C)(C)O[C@H]1CCO[Si](C)(C)C(C)(C)C)[C@H](C)O[Si](c1ccccc1)(c1ccccc1)C(C)(C)C. The predicted octanol–water partition coefficient (Wildman–Crippen LogP) is 6.79. The largest absolute Gasteiger partial charge is 0.417 e. The molecular formula is C37H60O7Si2. The molecular weight excluding hydrogens is 613 g/mol. The normalized spacial score (nSPS) is 21.4. The number of methoxy groups -OCH3 is 1. The molecule has 9 heteroatoms. The average Bonchev–Trinajstić information content (AvgIpc) is 3.29. The van der Waals surface area contributed by atoms with Gasteiger partial charge in [0, 0.05) is 13.7 Å². The van der Waals surface area contributed by atoms with Crippen LogP contribution in [0.1, 0.15) is 68.7 Å². The van der Waals surface area contributed by atoms with Gasteiger partial charge in [0.25, 0.3) is 8.32 Å². The van der Waals surface area contributed by atoms with E-state index in [-0.39, 0.29) is 29.1 Å². The number of aliphatic hydroxyl groups is 1. The van der Waals surface area contributed by atoms with Crippen LogP contribution in [0.25, 0.3) is 0 Å². The van der Waals surface area contributed by atoms with Gasteiger partial charge in [-0.25, -0.2) is 0 Å². The Kier molecular flexibility index (Phi) is 13.2. The number of hydrogen-bond donors (Lipinski definition) is 1. The molecule has 0 saturated carbocycles. The Morgan fingerprint density at radius 3 is 1.89 bits per heavy atom.